The van der Waals surface area contributed by atoms with E-state index in [2.05, 4.69) is 10.0 Å². The van der Waals surface area contributed by atoms with Gasteiger partial charge in [0.05, 0.1) is 12.0 Å². The van der Waals surface area contributed by atoms with Crippen molar-refractivity contribution in [3.05, 3.63) is 77.8 Å². The smallest absolute Gasteiger partial charge is 0.261 e. The Hall–Kier alpha value is -2.70. The van der Waals surface area contributed by atoms with Crippen LogP contribution in [0.2, 0.25) is 5.02 Å². The third kappa shape index (κ3) is 4.47. The summed E-state index contributed by atoms with van der Waals surface area (Å²) in [6.07, 6.45) is 0. The summed E-state index contributed by atoms with van der Waals surface area (Å²) >= 11 is 5.86. The van der Waals surface area contributed by atoms with Gasteiger partial charge in [-0.25, -0.2) is 8.42 Å². The monoisotopic (exact) mass is 388 g/mol. The van der Waals surface area contributed by atoms with Crippen molar-refractivity contribution in [2.45, 2.75) is 4.90 Å². The van der Waals surface area contributed by atoms with Crippen molar-refractivity contribution < 1.29 is 13.2 Å². The first-order valence-electron chi connectivity index (χ1n) is 7.76. The predicted molar refractivity (Wildman–Crippen MR) is 105 cm³/mol. The van der Waals surface area contributed by atoms with Crippen molar-refractivity contribution in [3.63, 3.8) is 0 Å². The molecule has 7 heteroatoms. The van der Waals surface area contributed by atoms with Crippen LogP contribution >= 0.6 is 11.6 Å². The zero-order valence-electron chi connectivity index (χ0n) is 13.9. The number of hydrogen-bond donors (Lipinski definition) is 2. The Bertz CT molecular complexity index is 971. The van der Waals surface area contributed by atoms with Crippen LogP contribution in [-0.2, 0) is 10.0 Å². The van der Waals surface area contributed by atoms with E-state index < -0.39 is 10.0 Å². The lowest BCUT2D eigenvalue weighted by atomic mass is 10.2. The molecule has 0 spiro atoms. The van der Waals surface area contributed by atoms with Gasteiger partial charge < -0.3 is 10.1 Å². The normalized spacial score (nSPS) is 11.0. The zero-order chi connectivity index (χ0) is 18.6. The molecule has 5 nitrogen and oxygen atoms in total. The number of benzene rings is 3. The molecular formula is C19H17ClN2O3S. The molecule has 0 radical (unpaired) electrons. The number of anilines is 3. The standard InChI is InChI=1S/C19H17ClN2O3S/c1-25-18-10-12-19(13-11-18)26(23,24)22-17-8-6-16(7-9-17)21-15-4-2-14(20)3-5-15/h2-13,21-22H,1H3. The molecule has 0 heterocycles. The first-order chi connectivity index (χ1) is 12.5. The Kier molecular flexibility index (Phi) is 5.35. The van der Waals surface area contributed by atoms with Gasteiger partial charge in [0, 0.05) is 22.1 Å². The fraction of sp³-hybridized carbons (Fsp3) is 0.0526. The molecular weight excluding hydrogens is 372 g/mol. The Morgan fingerprint density at radius 1 is 0.769 bits per heavy atom. The van der Waals surface area contributed by atoms with Gasteiger partial charge in [-0.3, -0.25) is 4.72 Å². The number of hydrogen-bond acceptors (Lipinski definition) is 4. The minimum Gasteiger partial charge on any atom is -0.497 e. The van der Waals surface area contributed by atoms with Crippen LogP contribution in [0.3, 0.4) is 0 Å². The highest BCUT2D eigenvalue weighted by Crippen LogP contribution is 2.23. The molecule has 0 aliphatic heterocycles. The Balaban J connectivity index is 1.70. The van der Waals surface area contributed by atoms with Gasteiger partial charge in [0.1, 0.15) is 5.75 Å². The van der Waals surface area contributed by atoms with Crippen molar-refractivity contribution >= 4 is 38.7 Å². The summed E-state index contributed by atoms with van der Waals surface area (Å²) < 4.78 is 32.5. The third-order valence-corrected chi connectivity index (χ3v) is 5.29. The summed E-state index contributed by atoms with van der Waals surface area (Å²) in [6.45, 7) is 0. The third-order valence-electron chi connectivity index (χ3n) is 3.64. The van der Waals surface area contributed by atoms with Gasteiger partial charge in [-0.05, 0) is 72.8 Å². The zero-order valence-corrected chi connectivity index (χ0v) is 15.5. The summed E-state index contributed by atoms with van der Waals surface area (Å²) in [4.78, 5) is 0.168. The maximum Gasteiger partial charge on any atom is 0.261 e. The molecule has 0 aromatic heterocycles. The molecule has 0 saturated carbocycles. The van der Waals surface area contributed by atoms with Crippen molar-refractivity contribution in [2.75, 3.05) is 17.1 Å². The van der Waals surface area contributed by atoms with E-state index in [9.17, 15) is 8.42 Å². The second-order valence-corrected chi connectivity index (χ2v) is 7.61. The number of rotatable bonds is 6. The van der Waals surface area contributed by atoms with Gasteiger partial charge in [-0.15, -0.1) is 0 Å². The number of ether oxygens (including phenoxy) is 1. The Labute approximate surface area is 157 Å². The second kappa shape index (κ2) is 7.68. The Morgan fingerprint density at radius 3 is 1.81 bits per heavy atom. The first kappa shape index (κ1) is 18.1. The van der Waals surface area contributed by atoms with E-state index in [0.717, 1.165) is 11.4 Å². The van der Waals surface area contributed by atoms with Crippen LogP contribution < -0.4 is 14.8 Å². The topological polar surface area (TPSA) is 67.4 Å². The van der Waals surface area contributed by atoms with E-state index in [1.54, 1.807) is 48.5 Å². The average Bonchev–Trinajstić information content (AvgIpc) is 2.65. The summed E-state index contributed by atoms with van der Waals surface area (Å²) in [5, 5.41) is 3.88. The van der Waals surface area contributed by atoms with E-state index in [0.29, 0.717) is 16.5 Å². The molecule has 0 unspecified atom stereocenters. The lowest BCUT2D eigenvalue weighted by molar-refractivity contribution is 0.414. The molecule has 3 rings (SSSR count). The van der Waals surface area contributed by atoms with Crippen LogP contribution in [0.25, 0.3) is 0 Å². The number of sulfonamides is 1. The molecule has 0 bridgehead atoms. The molecule has 0 atom stereocenters. The van der Waals surface area contributed by atoms with Crippen LogP contribution in [0.15, 0.2) is 77.7 Å². The van der Waals surface area contributed by atoms with Gasteiger partial charge in [0.15, 0.2) is 0 Å². The Morgan fingerprint density at radius 2 is 1.27 bits per heavy atom. The van der Waals surface area contributed by atoms with Crippen molar-refractivity contribution in [3.8, 4) is 5.75 Å². The largest absolute Gasteiger partial charge is 0.497 e. The van der Waals surface area contributed by atoms with E-state index in [1.807, 2.05) is 12.1 Å². The van der Waals surface area contributed by atoms with E-state index >= 15 is 0 Å². The minimum absolute atomic E-state index is 0.168. The molecule has 26 heavy (non-hydrogen) atoms. The quantitative estimate of drug-likeness (QED) is 0.630. The fourth-order valence-corrected chi connectivity index (χ4v) is 3.48. The maximum absolute atomic E-state index is 12.4. The van der Waals surface area contributed by atoms with Crippen molar-refractivity contribution in [1.82, 2.24) is 0 Å². The lowest BCUT2D eigenvalue weighted by Gasteiger charge is -2.10. The minimum atomic E-state index is -3.66. The molecule has 0 amide bonds. The highest BCUT2D eigenvalue weighted by molar-refractivity contribution is 7.92. The van der Waals surface area contributed by atoms with Crippen LogP contribution in [0.4, 0.5) is 17.1 Å². The second-order valence-electron chi connectivity index (χ2n) is 5.49. The molecule has 134 valence electrons. The van der Waals surface area contributed by atoms with Crippen LogP contribution in [0.1, 0.15) is 0 Å². The van der Waals surface area contributed by atoms with Crippen LogP contribution in [0.5, 0.6) is 5.75 Å². The van der Waals surface area contributed by atoms with Gasteiger partial charge in [0.25, 0.3) is 10.0 Å². The van der Waals surface area contributed by atoms with Crippen LogP contribution in [-0.4, -0.2) is 15.5 Å². The number of methoxy groups -OCH3 is 1. The van der Waals surface area contributed by atoms with Gasteiger partial charge in [0.2, 0.25) is 0 Å². The predicted octanol–water partition coefficient (Wildman–Crippen LogP) is 4.89. The van der Waals surface area contributed by atoms with Crippen molar-refractivity contribution in [2.24, 2.45) is 0 Å². The van der Waals surface area contributed by atoms with Gasteiger partial charge >= 0.3 is 0 Å². The summed E-state index contributed by atoms with van der Waals surface area (Å²) in [5.41, 5.74) is 2.20. The fourth-order valence-electron chi connectivity index (χ4n) is 2.29. The average molecular weight is 389 g/mol. The van der Waals surface area contributed by atoms with E-state index in [1.165, 1.54) is 19.2 Å². The van der Waals surface area contributed by atoms with Crippen molar-refractivity contribution in [1.29, 1.82) is 0 Å². The first-order valence-corrected chi connectivity index (χ1v) is 9.62. The summed E-state index contributed by atoms with van der Waals surface area (Å²) in [7, 11) is -2.13. The highest BCUT2D eigenvalue weighted by atomic mass is 35.5. The molecule has 0 aliphatic carbocycles. The van der Waals surface area contributed by atoms with E-state index in [-0.39, 0.29) is 4.90 Å². The van der Waals surface area contributed by atoms with Gasteiger partial charge in [-0.1, -0.05) is 11.6 Å². The molecule has 3 aromatic rings. The number of nitrogens with one attached hydrogen (secondary N) is 2. The summed E-state index contributed by atoms with van der Waals surface area (Å²) in [5.74, 6) is 0.599. The lowest BCUT2D eigenvalue weighted by Crippen LogP contribution is -2.12. The van der Waals surface area contributed by atoms with Gasteiger partial charge in [-0.2, -0.15) is 0 Å². The SMILES string of the molecule is COc1ccc(S(=O)(=O)Nc2ccc(Nc3ccc(Cl)cc3)cc2)cc1. The molecule has 0 fully saturated rings. The maximum atomic E-state index is 12.4. The summed E-state index contributed by atoms with van der Waals surface area (Å²) in [6, 6.07) is 20.5. The van der Waals surface area contributed by atoms with Crippen LogP contribution in [0, 0.1) is 0 Å². The highest BCUT2D eigenvalue weighted by Gasteiger charge is 2.14. The molecule has 2 N–H and O–H groups in total. The molecule has 3 aromatic carbocycles. The molecule has 0 aliphatic rings. The molecule has 0 saturated heterocycles. The van der Waals surface area contributed by atoms with E-state index in [4.69, 9.17) is 16.3 Å². The number of halogens is 1.